The lowest BCUT2D eigenvalue weighted by Gasteiger charge is -2.61. The van der Waals surface area contributed by atoms with Crippen molar-refractivity contribution >= 4 is 17.7 Å². The Labute approximate surface area is 179 Å². The maximum Gasteiger partial charge on any atom is 0.331 e. The first kappa shape index (κ1) is 21.6. The number of carboxylic acid groups (broad SMARTS) is 1. The standard InChI is InChI=1S/C25H36O5/c1-15(26)19-6-7-20-18-5-4-16-14-17(30-23(29)9-8-22(27)28)10-12-24(16,2)21(18)11-13-25(19,20)3/h8-9,16-21H,4-7,10-14H2,1-3H3,(H,27,28)/b9-8-/t16-,17-,18?,19-,20?,21?,24+,25-/m1/s1. The van der Waals surface area contributed by atoms with Crippen molar-refractivity contribution in [3.05, 3.63) is 12.2 Å². The summed E-state index contributed by atoms with van der Waals surface area (Å²) in [5.41, 5.74) is 0.484. The van der Waals surface area contributed by atoms with Crippen LogP contribution in [0, 0.1) is 40.4 Å². The molecule has 0 heterocycles. The fraction of sp³-hybridized carbons (Fsp3) is 0.800. The Balaban J connectivity index is 1.44. The molecule has 4 rings (SSSR count). The first-order valence-electron chi connectivity index (χ1n) is 11.8. The molecule has 5 nitrogen and oxygen atoms in total. The molecule has 0 radical (unpaired) electrons. The fourth-order valence-electron chi connectivity index (χ4n) is 8.34. The van der Waals surface area contributed by atoms with E-state index in [1.165, 1.54) is 32.1 Å². The van der Waals surface area contributed by atoms with Crippen LogP contribution in [0.15, 0.2) is 12.2 Å². The molecule has 0 aromatic heterocycles. The van der Waals surface area contributed by atoms with Crippen LogP contribution in [0.1, 0.15) is 78.6 Å². The SMILES string of the molecule is CC(=O)[C@H]1CCC2C3CC[C@@H]4C[C@H](OC(=O)/C=C\C(=O)O)CC[C@]4(C)C3CC[C@@]21C. The van der Waals surface area contributed by atoms with Crippen LogP contribution < -0.4 is 0 Å². The summed E-state index contributed by atoms with van der Waals surface area (Å²) in [5.74, 6) is 1.64. The van der Waals surface area contributed by atoms with Gasteiger partial charge in [0.2, 0.25) is 0 Å². The Morgan fingerprint density at radius 1 is 0.900 bits per heavy atom. The van der Waals surface area contributed by atoms with E-state index < -0.39 is 11.9 Å². The molecule has 166 valence electrons. The number of ketones is 1. The van der Waals surface area contributed by atoms with E-state index in [0.29, 0.717) is 29.0 Å². The number of ether oxygens (including phenoxy) is 1. The molecule has 30 heavy (non-hydrogen) atoms. The highest BCUT2D eigenvalue weighted by atomic mass is 16.5. The molecular weight excluding hydrogens is 380 g/mol. The van der Waals surface area contributed by atoms with Crippen LogP contribution in [0.4, 0.5) is 0 Å². The van der Waals surface area contributed by atoms with Crippen LogP contribution in [-0.4, -0.2) is 28.9 Å². The van der Waals surface area contributed by atoms with E-state index in [4.69, 9.17) is 9.84 Å². The number of hydrogen-bond acceptors (Lipinski definition) is 4. The Hall–Kier alpha value is -1.65. The summed E-state index contributed by atoms with van der Waals surface area (Å²) in [6.07, 6.45) is 11.7. The summed E-state index contributed by atoms with van der Waals surface area (Å²) in [6.45, 7) is 6.65. The first-order chi connectivity index (χ1) is 14.1. The second-order valence-electron chi connectivity index (χ2n) is 10.9. The normalized spacial score (nSPS) is 45.3. The van der Waals surface area contributed by atoms with Crippen LogP contribution in [0.3, 0.4) is 0 Å². The van der Waals surface area contributed by atoms with Gasteiger partial charge in [-0.25, -0.2) is 9.59 Å². The number of carboxylic acids is 1. The molecule has 0 aromatic carbocycles. The zero-order valence-electron chi connectivity index (χ0n) is 18.6. The van der Waals surface area contributed by atoms with Gasteiger partial charge in [-0.1, -0.05) is 13.8 Å². The van der Waals surface area contributed by atoms with E-state index >= 15 is 0 Å². The van der Waals surface area contributed by atoms with Crippen LogP contribution in [0.5, 0.6) is 0 Å². The number of carbonyl (C=O) groups is 3. The van der Waals surface area contributed by atoms with Crippen LogP contribution >= 0.6 is 0 Å². The maximum atomic E-state index is 12.3. The molecule has 0 amide bonds. The number of rotatable bonds is 4. The van der Waals surface area contributed by atoms with Crippen molar-refractivity contribution < 1.29 is 24.2 Å². The molecule has 3 unspecified atom stereocenters. The maximum absolute atomic E-state index is 12.3. The minimum atomic E-state index is -1.13. The number of fused-ring (bicyclic) bond motifs is 5. The smallest absolute Gasteiger partial charge is 0.331 e. The molecule has 4 saturated carbocycles. The lowest BCUT2D eigenvalue weighted by molar-refractivity contribution is -0.158. The van der Waals surface area contributed by atoms with E-state index in [1.54, 1.807) is 6.92 Å². The molecule has 4 fully saturated rings. The number of hydrogen-bond donors (Lipinski definition) is 1. The summed E-state index contributed by atoms with van der Waals surface area (Å²) >= 11 is 0. The molecule has 8 atom stereocenters. The van der Waals surface area contributed by atoms with E-state index in [1.807, 2.05) is 0 Å². The highest BCUT2D eigenvalue weighted by molar-refractivity contribution is 5.90. The molecule has 0 aliphatic heterocycles. The Bertz CT molecular complexity index is 757. The second kappa shape index (κ2) is 7.80. The molecule has 0 bridgehead atoms. The van der Waals surface area contributed by atoms with E-state index in [2.05, 4.69) is 13.8 Å². The van der Waals surface area contributed by atoms with Gasteiger partial charge in [-0.3, -0.25) is 4.79 Å². The molecule has 0 aromatic rings. The van der Waals surface area contributed by atoms with Crippen molar-refractivity contribution in [2.75, 3.05) is 0 Å². The van der Waals surface area contributed by atoms with Crippen molar-refractivity contribution in [3.8, 4) is 0 Å². The van der Waals surface area contributed by atoms with Gasteiger partial charge >= 0.3 is 11.9 Å². The minimum absolute atomic E-state index is 0.104. The number of carbonyl (C=O) groups excluding carboxylic acids is 2. The third-order valence-corrected chi connectivity index (χ3v) is 9.75. The van der Waals surface area contributed by atoms with Crippen molar-refractivity contribution in [3.63, 3.8) is 0 Å². The molecular formula is C25H36O5. The summed E-state index contributed by atoms with van der Waals surface area (Å²) in [5, 5.41) is 8.68. The summed E-state index contributed by atoms with van der Waals surface area (Å²) < 4.78 is 5.57. The van der Waals surface area contributed by atoms with E-state index in [9.17, 15) is 14.4 Å². The summed E-state index contributed by atoms with van der Waals surface area (Å²) in [4.78, 5) is 34.8. The number of aliphatic carboxylic acids is 1. The summed E-state index contributed by atoms with van der Waals surface area (Å²) in [7, 11) is 0. The lowest BCUT2D eigenvalue weighted by atomic mass is 9.44. The Morgan fingerprint density at radius 3 is 2.30 bits per heavy atom. The van der Waals surface area contributed by atoms with Gasteiger partial charge in [0.15, 0.2) is 0 Å². The zero-order chi connectivity index (χ0) is 21.7. The van der Waals surface area contributed by atoms with Gasteiger partial charge in [-0.2, -0.15) is 0 Å². The molecule has 4 aliphatic carbocycles. The van der Waals surface area contributed by atoms with Crippen LogP contribution in [0.25, 0.3) is 0 Å². The third kappa shape index (κ3) is 3.52. The van der Waals surface area contributed by atoms with Gasteiger partial charge in [0, 0.05) is 18.1 Å². The monoisotopic (exact) mass is 416 g/mol. The number of esters is 1. The van der Waals surface area contributed by atoms with Crippen LogP contribution in [0.2, 0.25) is 0 Å². The predicted octanol–water partition coefficient (Wildman–Crippen LogP) is 4.79. The van der Waals surface area contributed by atoms with Crippen molar-refractivity contribution in [2.45, 2.75) is 84.7 Å². The van der Waals surface area contributed by atoms with Crippen LogP contribution in [-0.2, 0) is 19.1 Å². The largest absolute Gasteiger partial charge is 0.478 e. The van der Waals surface area contributed by atoms with E-state index in [-0.39, 0.29) is 17.4 Å². The lowest BCUT2D eigenvalue weighted by Crippen LogP contribution is -2.54. The van der Waals surface area contributed by atoms with Crippen molar-refractivity contribution in [1.29, 1.82) is 0 Å². The average molecular weight is 417 g/mol. The Kier molecular flexibility index (Phi) is 5.61. The van der Waals surface area contributed by atoms with Gasteiger partial charge in [0.25, 0.3) is 0 Å². The molecule has 0 saturated heterocycles. The third-order valence-electron chi connectivity index (χ3n) is 9.75. The zero-order valence-corrected chi connectivity index (χ0v) is 18.6. The molecule has 5 heteroatoms. The average Bonchev–Trinajstić information content (AvgIpc) is 3.04. The van der Waals surface area contributed by atoms with Gasteiger partial charge < -0.3 is 9.84 Å². The molecule has 4 aliphatic rings. The van der Waals surface area contributed by atoms with Gasteiger partial charge in [0.1, 0.15) is 11.9 Å². The summed E-state index contributed by atoms with van der Waals surface area (Å²) in [6, 6.07) is 0. The predicted molar refractivity (Wildman–Crippen MR) is 113 cm³/mol. The second-order valence-corrected chi connectivity index (χ2v) is 10.9. The molecule has 1 N–H and O–H groups in total. The van der Waals surface area contributed by atoms with Crippen molar-refractivity contribution in [1.82, 2.24) is 0 Å². The highest BCUT2D eigenvalue weighted by Crippen LogP contribution is 2.67. The minimum Gasteiger partial charge on any atom is -0.478 e. The topological polar surface area (TPSA) is 80.7 Å². The highest BCUT2D eigenvalue weighted by Gasteiger charge is 2.60. The first-order valence-corrected chi connectivity index (χ1v) is 11.8. The van der Waals surface area contributed by atoms with Gasteiger partial charge in [0.05, 0.1) is 0 Å². The fourth-order valence-corrected chi connectivity index (χ4v) is 8.34. The van der Waals surface area contributed by atoms with Gasteiger partial charge in [-0.15, -0.1) is 0 Å². The number of Topliss-reactive ketones (excluding diaryl/α,β-unsaturated/α-hetero) is 1. The van der Waals surface area contributed by atoms with Gasteiger partial charge in [-0.05, 0) is 99.2 Å². The molecule has 0 spiro atoms. The van der Waals surface area contributed by atoms with E-state index in [0.717, 1.165) is 43.8 Å². The Morgan fingerprint density at radius 2 is 1.60 bits per heavy atom. The quantitative estimate of drug-likeness (QED) is 0.526. The van der Waals surface area contributed by atoms with Crippen molar-refractivity contribution in [2.24, 2.45) is 40.4 Å².